The minimum absolute atomic E-state index is 0.458. The number of fused-ring (bicyclic) bond motifs is 6. The van der Waals surface area contributed by atoms with Gasteiger partial charge in [-0.2, -0.15) is 0 Å². The molecule has 8 aromatic rings. The molecule has 0 fully saturated rings. The number of rotatable bonds is 8. The second kappa shape index (κ2) is 12.0. The van der Waals surface area contributed by atoms with Gasteiger partial charge in [0.2, 0.25) is 0 Å². The minimum atomic E-state index is -2.38. The number of methoxy groups -OCH3 is 2. The van der Waals surface area contributed by atoms with E-state index in [1.807, 2.05) is 0 Å². The monoisotopic (exact) mass is 658 g/mol. The second-order valence-corrected chi connectivity index (χ2v) is 18.9. The van der Waals surface area contributed by atoms with E-state index in [0.29, 0.717) is 11.1 Å². The average Bonchev–Trinajstić information content (AvgIpc) is 3.64. The average molecular weight is 659 g/mol. The Balaban J connectivity index is 1.40. The maximum absolute atomic E-state index is 5.51. The van der Waals surface area contributed by atoms with Crippen molar-refractivity contribution in [2.45, 2.75) is 38.8 Å². The summed E-state index contributed by atoms with van der Waals surface area (Å²) in [6.45, 7) is 9.77. The molecule has 5 heteroatoms. The number of benzene rings is 6. The molecular weight excluding hydrogens is 617 g/mol. The first-order chi connectivity index (χ1) is 23.9. The quantitative estimate of drug-likeness (QED) is 0.152. The van der Waals surface area contributed by atoms with E-state index in [0.717, 1.165) is 22.9 Å². The third-order valence-corrected chi connectivity index (χ3v) is 17.0. The Morgan fingerprint density at radius 2 is 0.796 bits per heavy atom. The van der Waals surface area contributed by atoms with Crippen molar-refractivity contribution in [2.75, 3.05) is 14.2 Å². The van der Waals surface area contributed by atoms with Gasteiger partial charge in [-0.25, -0.2) is 0 Å². The predicted molar refractivity (Wildman–Crippen MR) is 210 cm³/mol. The largest absolute Gasteiger partial charge is 0.497 e. The smallest absolute Gasteiger partial charge is 0.123 e. The lowest BCUT2D eigenvalue weighted by atomic mass is 10.1. The number of nitrogens with zero attached hydrogens (tertiary/aromatic N) is 2. The fourth-order valence-corrected chi connectivity index (χ4v) is 14.4. The Hall–Kier alpha value is -5.26. The molecule has 0 radical (unpaired) electrons. The zero-order valence-corrected chi connectivity index (χ0v) is 30.1. The van der Waals surface area contributed by atoms with Crippen molar-refractivity contribution in [3.05, 3.63) is 133 Å². The molecule has 0 atom stereocenters. The zero-order valence-electron chi connectivity index (χ0n) is 29.1. The molecule has 0 aliphatic rings. The van der Waals surface area contributed by atoms with Gasteiger partial charge in [0, 0.05) is 32.9 Å². The molecule has 0 unspecified atom stereocenters. The first-order valence-corrected chi connectivity index (χ1v) is 19.4. The van der Waals surface area contributed by atoms with E-state index in [1.54, 1.807) is 14.2 Å². The van der Waals surface area contributed by atoms with Crippen LogP contribution in [0.3, 0.4) is 0 Å². The molecule has 0 saturated carbocycles. The highest BCUT2D eigenvalue weighted by molar-refractivity contribution is 7.04. The van der Waals surface area contributed by atoms with Crippen molar-refractivity contribution >= 4 is 62.1 Å². The van der Waals surface area contributed by atoms with Crippen molar-refractivity contribution in [3.8, 4) is 22.9 Å². The number of hydrogen-bond acceptors (Lipinski definition) is 2. The lowest BCUT2D eigenvalue weighted by molar-refractivity contribution is 0.414. The van der Waals surface area contributed by atoms with E-state index in [-0.39, 0.29) is 0 Å². The van der Waals surface area contributed by atoms with E-state index >= 15 is 0 Å². The van der Waals surface area contributed by atoms with E-state index in [1.165, 1.54) is 54.0 Å². The van der Waals surface area contributed by atoms with Crippen LogP contribution in [0.1, 0.15) is 27.7 Å². The molecule has 2 heterocycles. The summed E-state index contributed by atoms with van der Waals surface area (Å²) in [6.07, 6.45) is 0. The van der Waals surface area contributed by atoms with Gasteiger partial charge in [0.05, 0.1) is 36.3 Å². The maximum atomic E-state index is 5.51. The summed E-state index contributed by atoms with van der Waals surface area (Å²) in [5.74, 6) is 1.72. The lowest BCUT2D eigenvalue weighted by Gasteiger charge is -2.41. The molecule has 0 bridgehead atoms. The number of para-hydroxylation sites is 2. The van der Waals surface area contributed by atoms with Gasteiger partial charge in [0.25, 0.3) is 0 Å². The Morgan fingerprint density at radius 3 is 1.16 bits per heavy atom. The van der Waals surface area contributed by atoms with E-state index in [2.05, 4.69) is 170 Å². The number of ether oxygens (including phenoxy) is 2. The molecular formula is C44H42N2O2Si. The van der Waals surface area contributed by atoms with Gasteiger partial charge in [-0.3, -0.25) is 0 Å². The van der Waals surface area contributed by atoms with E-state index < -0.39 is 8.07 Å². The number of aromatic nitrogens is 2. The van der Waals surface area contributed by atoms with Crippen molar-refractivity contribution < 1.29 is 9.47 Å². The second-order valence-electron chi connectivity index (χ2n) is 13.7. The van der Waals surface area contributed by atoms with Gasteiger partial charge < -0.3 is 18.6 Å². The first kappa shape index (κ1) is 31.0. The molecule has 0 saturated heterocycles. The van der Waals surface area contributed by atoms with Crippen LogP contribution >= 0.6 is 0 Å². The summed E-state index contributed by atoms with van der Waals surface area (Å²) >= 11 is 0. The topological polar surface area (TPSA) is 28.3 Å². The fourth-order valence-electron chi connectivity index (χ4n) is 8.64. The van der Waals surface area contributed by atoms with Gasteiger partial charge in [-0.15, -0.1) is 0 Å². The van der Waals surface area contributed by atoms with Gasteiger partial charge in [-0.1, -0.05) is 98.7 Å². The van der Waals surface area contributed by atoms with Crippen LogP contribution in [-0.4, -0.2) is 31.4 Å². The van der Waals surface area contributed by atoms with Crippen molar-refractivity contribution in [1.82, 2.24) is 9.13 Å². The van der Waals surface area contributed by atoms with Crippen molar-refractivity contribution in [2.24, 2.45) is 0 Å². The van der Waals surface area contributed by atoms with Crippen LogP contribution in [0.15, 0.2) is 133 Å². The van der Waals surface area contributed by atoms with Gasteiger partial charge in [0.1, 0.15) is 19.6 Å². The van der Waals surface area contributed by atoms with E-state index in [4.69, 9.17) is 9.47 Å². The SMILES string of the molecule is COc1ccc(-n2c3ccccc3c3ccc([Si](c4ccc5c6ccccc6n(-c6ccc(OC)cc6)c5c4)(C(C)C)C(C)C)cc32)cc1. The summed E-state index contributed by atoms with van der Waals surface area (Å²) in [7, 11) is 1.06. The van der Waals surface area contributed by atoms with Crippen LogP contribution in [0.4, 0.5) is 0 Å². The summed E-state index contributed by atoms with van der Waals surface area (Å²) in [6, 6.07) is 49.1. The van der Waals surface area contributed by atoms with Crippen LogP contribution < -0.4 is 19.8 Å². The molecule has 0 aliphatic carbocycles. The molecule has 244 valence electrons. The highest BCUT2D eigenvalue weighted by Gasteiger charge is 2.44. The Morgan fingerprint density at radius 1 is 0.429 bits per heavy atom. The molecule has 2 aromatic heterocycles. The molecule has 6 aromatic carbocycles. The zero-order chi connectivity index (χ0) is 33.9. The Labute approximate surface area is 289 Å². The molecule has 0 aliphatic heterocycles. The first-order valence-electron chi connectivity index (χ1n) is 17.2. The van der Waals surface area contributed by atoms with Crippen LogP contribution in [0.5, 0.6) is 11.5 Å². The standard InChI is InChI=1S/C44H42N2O2Si/c1-29(2)49(30(3)4,35-23-25-39-37-11-7-9-13-41(37)45(43(39)27-35)31-15-19-33(47-5)20-16-31)36-24-26-40-38-12-8-10-14-42(38)46(44(40)28-36)32-17-21-34(48-6)22-18-32/h7-30H,1-6H3. The van der Waals surface area contributed by atoms with E-state index in [9.17, 15) is 0 Å². The summed E-state index contributed by atoms with van der Waals surface area (Å²) in [5.41, 5.74) is 8.11. The molecule has 49 heavy (non-hydrogen) atoms. The summed E-state index contributed by atoms with van der Waals surface area (Å²) in [5, 5.41) is 8.03. The molecule has 8 rings (SSSR count). The molecule has 0 spiro atoms. The fraction of sp³-hybridized carbons (Fsp3) is 0.182. The van der Waals surface area contributed by atoms with Gasteiger partial charge in [-0.05, 0) is 83.9 Å². The van der Waals surface area contributed by atoms with Crippen molar-refractivity contribution in [3.63, 3.8) is 0 Å². The third-order valence-electron chi connectivity index (χ3n) is 10.8. The van der Waals surface area contributed by atoms with Crippen LogP contribution in [0.2, 0.25) is 11.1 Å². The van der Waals surface area contributed by atoms with Gasteiger partial charge >= 0.3 is 0 Å². The van der Waals surface area contributed by atoms with Gasteiger partial charge in [0.15, 0.2) is 0 Å². The van der Waals surface area contributed by atoms with Crippen LogP contribution in [0, 0.1) is 0 Å². The minimum Gasteiger partial charge on any atom is -0.497 e. The Kier molecular flexibility index (Phi) is 7.60. The summed E-state index contributed by atoms with van der Waals surface area (Å²) < 4.78 is 15.9. The highest BCUT2D eigenvalue weighted by atomic mass is 28.3. The predicted octanol–water partition coefficient (Wildman–Crippen LogP) is 10.3. The van der Waals surface area contributed by atoms with Crippen LogP contribution in [-0.2, 0) is 0 Å². The normalized spacial score (nSPS) is 12.2. The molecule has 0 N–H and O–H groups in total. The highest BCUT2D eigenvalue weighted by Crippen LogP contribution is 2.38. The lowest BCUT2D eigenvalue weighted by Crippen LogP contribution is -2.62. The third kappa shape index (κ3) is 4.71. The molecule has 0 amide bonds. The van der Waals surface area contributed by atoms with Crippen molar-refractivity contribution in [1.29, 1.82) is 0 Å². The molecule has 4 nitrogen and oxygen atoms in total. The maximum Gasteiger partial charge on any atom is 0.123 e. The van der Waals surface area contributed by atoms with Crippen LogP contribution in [0.25, 0.3) is 55.0 Å². The summed E-state index contributed by atoms with van der Waals surface area (Å²) in [4.78, 5) is 0. The number of hydrogen-bond donors (Lipinski definition) is 0. The Bertz CT molecular complexity index is 2290.